The van der Waals surface area contributed by atoms with E-state index < -0.39 is 18.1 Å². The van der Waals surface area contributed by atoms with E-state index in [2.05, 4.69) is 12.1 Å². The van der Waals surface area contributed by atoms with Crippen LogP contribution in [0.15, 0.2) is 66.7 Å². The summed E-state index contributed by atoms with van der Waals surface area (Å²) in [5.74, 6) is 0.0773. The second kappa shape index (κ2) is 10.5. The van der Waals surface area contributed by atoms with Crippen LogP contribution in [0, 0.1) is 0 Å². The van der Waals surface area contributed by atoms with Gasteiger partial charge in [-0.3, -0.25) is 4.90 Å². The summed E-state index contributed by atoms with van der Waals surface area (Å²) in [7, 11) is 4.58. The minimum Gasteiger partial charge on any atom is -0.497 e. The van der Waals surface area contributed by atoms with Gasteiger partial charge in [0.15, 0.2) is 0 Å². The lowest BCUT2D eigenvalue weighted by Gasteiger charge is -2.25. The van der Waals surface area contributed by atoms with E-state index in [-0.39, 0.29) is 18.9 Å². The minimum absolute atomic E-state index is 0.0911. The lowest BCUT2D eigenvalue weighted by molar-refractivity contribution is -0.142. The van der Waals surface area contributed by atoms with Crippen molar-refractivity contribution >= 4 is 12.1 Å². The number of benzene rings is 3. The molecule has 0 saturated carbocycles. The molecule has 1 atom stereocenters. The number of aliphatic carboxylic acids is 1. The standard InChI is InChI=1S/C28H29NO6/c1-29(25(27(30)31)15-13-18-12-14-19(33-2)16-26(18)34-3)28(32)35-17-24-22-10-6-4-8-20(22)21-9-5-7-11-23(21)24/h4-12,14,16,24-25H,13,15,17H2,1-3H3,(H,30,31)/t25-/m0/s1. The molecule has 0 radical (unpaired) electrons. The van der Waals surface area contributed by atoms with Crippen LogP contribution in [-0.4, -0.2) is 56.0 Å². The zero-order chi connectivity index (χ0) is 24.9. The molecule has 7 nitrogen and oxygen atoms in total. The fourth-order valence-corrected chi connectivity index (χ4v) is 4.66. The Bertz CT molecular complexity index is 1180. The number of rotatable bonds is 9. The van der Waals surface area contributed by atoms with Crippen LogP contribution >= 0.6 is 0 Å². The van der Waals surface area contributed by atoms with Gasteiger partial charge in [0.1, 0.15) is 24.1 Å². The van der Waals surface area contributed by atoms with Crippen LogP contribution in [0.25, 0.3) is 11.1 Å². The van der Waals surface area contributed by atoms with E-state index in [4.69, 9.17) is 14.2 Å². The number of nitrogens with zero attached hydrogens (tertiary/aromatic N) is 1. The van der Waals surface area contributed by atoms with E-state index in [1.165, 1.54) is 7.05 Å². The molecular weight excluding hydrogens is 446 g/mol. The Hall–Kier alpha value is -4.00. The third-order valence-corrected chi connectivity index (χ3v) is 6.56. The van der Waals surface area contributed by atoms with E-state index in [1.54, 1.807) is 26.4 Å². The molecule has 0 saturated heterocycles. The van der Waals surface area contributed by atoms with Gasteiger partial charge in [-0.05, 0) is 46.7 Å². The van der Waals surface area contributed by atoms with Crippen LogP contribution in [0.5, 0.6) is 11.5 Å². The third kappa shape index (κ3) is 4.94. The molecular formula is C28H29NO6. The number of carbonyl (C=O) groups excluding carboxylic acids is 1. The maximum absolute atomic E-state index is 12.9. The predicted molar refractivity (Wildman–Crippen MR) is 132 cm³/mol. The summed E-state index contributed by atoms with van der Waals surface area (Å²) in [5, 5.41) is 9.82. The molecule has 0 heterocycles. The summed E-state index contributed by atoms with van der Waals surface area (Å²) in [4.78, 5) is 26.1. The number of hydrogen-bond donors (Lipinski definition) is 1. The summed E-state index contributed by atoms with van der Waals surface area (Å²) in [5.41, 5.74) is 5.31. The molecule has 0 aromatic heterocycles. The van der Waals surface area contributed by atoms with Gasteiger partial charge in [0.25, 0.3) is 0 Å². The SMILES string of the molecule is COc1ccc(CC[C@@H](C(=O)O)N(C)C(=O)OCC2c3ccccc3-c3ccccc32)c(OC)c1. The summed E-state index contributed by atoms with van der Waals surface area (Å²) >= 11 is 0. The van der Waals surface area contributed by atoms with Crippen molar-refractivity contribution in [1.29, 1.82) is 0 Å². The predicted octanol–water partition coefficient (Wildman–Crippen LogP) is 4.97. The van der Waals surface area contributed by atoms with E-state index in [9.17, 15) is 14.7 Å². The fraction of sp³-hybridized carbons (Fsp3) is 0.286. The van der Waals surface area contributed by atoms with Crippen molar-refractivity contribution in [3.05, 3.63) is 83.4 Å². The Labute approximate surface area is 204 Å². The normalized spacial score (nSPS) is 12.9. The van der Waals surface area contributed by atoms with Crippen molar-refractivity contribution in [1.82, 2.24) is 4.90 Å². The summed E-state index contributed by atoms with van der Waals surface area (Å²) in [6, 6.07) is 20.5. The number of ether oxygens (including phenoxy) is 3. The molecule has 3 aromatic carbocycles. The van der Waals surface area contributed by atoms with Crippen LogP contribution in [0.2, 0.25) is 0 Å². The molecule has 0 fully saturated rings. The van der Waals surface area contributed by atoms with Gasteiger partial charge in [-0.15, -0.1) is 0 Å². The van der Waals surface area contributed by atoms with E-state index in [0.717, 1.165) is 32.7 Å². The molecule has 0 aliphatic heterocycles. The first-order valence-corrected chi connectivity index (χ1v) is 11.5. The first kappa shape index (κ1) is 24.1. The van der Waals surface area contributed by atoms with Gasteiger partial charge in [0.2, 0.25) is 0 Å². The molecule has 4 rings (SSSR count). The maximum atomic E-state index is 12.9. The van der Waals surface area contributed by atoms with Crippen molar-refractivity contribution in [3.63, 3.8) is 0 Å². The van der Waals surface area contributed by atoms with Crippen LogP contribution in [0.3, 0.4) is 0 Å². The highest BCUT2D eigenvalue weighted by Crippen LogP contribution is 2.44. The number of fused-ring (bicyclic) bond motifs is 3. The van der Waals surface area contributed by atoms with E-state index in [0.29, 0.717) is 17.9 Å². The van der Waals surface area contributed by atoms with E-state index in [1.807, 2.05) is 42.5 Å². The van der Waals surface area contributed by atoms with Crippen LogP contribution < -0.4 is 9.47 Å². The van der Waals surface area contributed by atoms with Crippen LogP contribution in [-0.2, 0) is 16.0 Å². The van der Waals surface area contributed by atoms with Gasteiger partial charge >= 0.3 is 12.1 Å². The number of hydrogen-bond acceptors (Lipinski definition) is 5. The van der Waals surface area contributed by atoms with Crippen molar-refractivity contribution < 1.29 is 28.9 Å². The summed E-state index contributed by atoms with van der Waals surface area (Å²) in [6.45, 7) is 0.135. The van der Waals surface area contributed by atoms with Crippen molar-refractivity contribution in [3.8, 4) is 22.6 Å². The second-order valence-corrected chi connectivity index (χ2v) is 8.49. The zero-order valence-corrected chi connectivity index (χ0v) is 20.1. The minimum atomic E-state index is -1.09. The Balaban J connectivity index is 1.43. The average Bonchev–Trinajstić information content (AvgIpc) is 3.20. The van der Waals surface area contributed by atoms with Gasteiger partial charge in [-0.1, -0.05) is 54.6 Å². The Morgan fingerprint density at radius 1 is 0.943 bits per heavy atom. The summed E-state index contributed by atoms with van der Waals surface area (Å²) in [6.07, 6.45) is -0.0509. The van der Waals surface area contributed by atoms with Gasteiger partial charge in [-0.25, -0.2) is 9.59 Å². The molecule has 35 heavy (non-hydrogen) atoms. The third-order valence-electron chi connectivity index (χ3n) is 6.56. The molecule has 1 N–H and O–H groups in total. The number of amides is 1. The quantitative estimate of drug-likeness (QED) is 0.470. The number of carboxylic acids is 1. The molecule has 0 spiro atoms. The Morgan fingerprint density at radius 3 is 2.14 bits per heavy atom. The van der Waals surface area contributed by atoms with Crippen LogP contribution in [0.1, 0.15) is 29.0 Å². The van der Waals surface area contributed by atoms with Crippen molar-refractivity contribution in [2.75, 3.05) is 27.9 Å². The topological polar surface area (TPSA) is 85.3 Å². The molecule has 1 amide bonds. The van der Waals surface area contributed by atoms with Crippen molar-refractivity contribution in [2.24, 2.45) is 0 Å². The number of aryl methyl sites for hydroxylation is 1. The molecule has 3 aromatic rings. The van der Waals surface area contributed by atoms with Crippen LogP contribution in [0.4, 0.5) is 4.79 Å². The summed E-state index contributed by atoms with van der Waals surface area (Å²) < 4.78 is 16.3. The van der Waals surface area contributed by atoms with Crippen molar-refractivity contribution in [2.45, 2.75) is 24.8 Å². The number of methoxy groups -OCH3 is 2. The second-order valence-electron chi connectivity index (χ2n) is 8.49. The zero-order valence-electron chi connectivity index (χ0n) is 20.1. The molecule has 1 aliphatic rings. The molecule has 7 heteroatoms. The smallest absolute Gasteiger partial charge is 0.410 e. The molecule has 0 bridgehead atoms. The Kier molecular flexibility index (Phi) is 7.25. The van der Waals surface area contributed by atoms with Gasteiger partial charge in [0, 0.05) is 19.0 Å². The lowest BCUT2D eigenvalue weighted by Crippen LogP contribution is -2.43. The largest absolute Gasteiger partial charge is 0.497 e. The highest BCUT2D eigenvalue weighted by atomic mass is 16.6. The lowest BCUT2D eigenvalue weighted by atomic mass is 9.98. The molecule has 1 aliphatic carbocycles. The number of likely N-dealkylation sites (N-methyl/N-ethyl adjacent to an activating group) is 1. The highest BCUT2D eigenvalue weighted by molar-refractivity contribution is 5.81. The number of carboxylic acid groups (broad SMARTS) is 1. The monoisotopic (exact) mass is 475 g/mol. The number of carbonyl (C=O) groups is 2. The molecule has 0 unspecified atom stereocenters. The fourth-order valence-electron chi connectivity index (χ4n) is 4.66. The van der Waals surface area contributed by atoms with Gasteiger partial charge < -0.3 is 19.3 Å². The highest BCUT2D eigenvalue weighted by Gasteiger charge is 2.32. The average molecular weight is 476 g/mol. The van der Waals surface area contributed by atoms with Gasteiger partial charge in [-0.2, -0.15) is 0 Å². The Morgan fingerprint density at radius 2 is 1.57 bits per heavy atom. The first-order valence-electron chi connectivity index (χ1n) is 11.5. The van der Waals surface area contributed by atoms with E-state index >= 15 is 0 Å². The molecule has 182 valence electrons. The van der Waals surface area contributed by atoms with Gasteiger partial charge in [0.05, 0.1) is 14.2 Å². The first-order chi connectivity index (χ1) is 16.9. The maximum Gasteiger partial charge on any atom is 0.410 e.